The fraction of sp³-hybridized carbons (Fsp3) is 0.412. The fourth-order valence-corrected chi connectivity index (χ4v) is 3.74. The Kier molecular flexibility index (Phi) is 5.89. The summed E-state index contributed by atoms with van der Waals surface area (Å²) < 4.78 is 5.30. The Bertz CT molecular complexity index is 729. The van der Waals surface area contributed by atoms with Crippen LogP contribution >= 0.6 is 11.8 Å². The average molecular weight is 376 g/mol. The lowest BCUT2D eigenvalue weighted by Crippen LogP contribution is -2.39. The Morgan fingerprint density at radius 1 is 1.19 bits per heavy atom. The average Bonchev–Trinajstić information content (AvgIpc) is 2.97. The van der Waals surface area contributed by atoms with Gasteiger partial charge in [0.05, 0.1) is 13.2 Å². The van der Waals surface area contributed by atoms with Crippen LogP contribution in [0.15, 0.2) is 29.3 Å². The summed E-state index contributed by atoms with van der Waals surface area (Å²) in [5.41, 5.74) is 1.26. The molecular formula is C17H20N4O4S. The third-order valence-corrected chi connectivity index (χ3v) is 5.08. The van der Waals surface area contributed by atoms with E-state index in [0.717, 1.165) is 0 Å². The molecule has 2 aliphatic rings. The molecule has 0 radical (unpaired) electrons. The Morgan fingerprint density at radius 2 is 1.81 bits per heavy atom. The van der Waals surface area contributed by atoms with E-state index in [4.69, 9.17) is 4.74 Å². The zero-order chi connectivity index (χ0) is 18.5. The molecule has 0 aromatic heterocycles. The van der Waals surface area contributed by atoms with Crippen LogP contribution in [0.2, 0.25) is 0 Å². The van der Waals surface area contributed by atoms with Crippen LogP contribution in [0.5, 0.6) is 0 Å². The first-order valence-corrected chi connectivity index (χ1v) is 9.18. The summed E-state index contributed by atoms with van der Waals surface area (Å²) in [7, 11) is 0. The van der Waals surface area contributed by atoms with Crippen molar-refractivity contribution in [1.29, 1.82) is 0 Å². The highest BCUT2D eigenvalue weighted by Gasteiger charge is 2.33. The van der Waals surface area contributed by atoms with Gasteiger partial charge in [-0.15, -0.1) is 0 Å². The number of amidine groups is 1. The normalized spacial score (nSPS) is 19.9. The summed E-state index contributed by atoms with van der Waals surface area (Å²) in [6.45, 7) is 4.08. The number of hydrogen-bond acceptors (Lipinski definition) is 6. The van der Waals surface area contributed by atoms with Gasteiger partial charge in [-0.05, 0) is 24.3 Å². The highest BCUT2D eigenvalue weighted by Crippen LogP contribution is 2.28. The Hall–Kier alpha value is -2.39. The van der Waals surface area contributed by atoms with Gasteiger partial charge in [-0.2, -0.15) is 4.99 Å². The summed E-state index contributed by atoms with van der Waals surface area (Å²) in [4.78, 5) is 41.4. The van der Waals surface area contributed by atoms with E-state index in [1.165, 1.54) is 18.7 Å². The smallest absolute Gasteiger partial charge is 0.262 e. The van der Waals surface area contributed by atoms with Crippen LogP contribution in [0.3, 0.4) is 0 Å². The third kappa shape index (κ3) is 4.83. The van der Waals surface area contributed by atoms with Gasteiger partial charge < -0.3 is 20.3 Å². The number of benzene rings is 1. The molecule has 8 nitrogen and oxygen atoms in total. The highest BCUT2D eigenvalue weighted by atomic mass is 32.2. The van der Waals surface area contributed by atoms with Crippen molar-refractivity contribution in [3.63, 3.8) is 0 Å². The van der Waals surface area contributed by atoms with Crippen LogP contribution < -0.4 is 10.6 Å². The topological polar surface area (TPSA) is 100 Å². The van der Waals surface area contributed by atoms with E-state index in [1.54, 1.807) is 24.3 Å². The first-order chi connectivity index (χ1) is 12.5. The number of amides is 3. The van der Waals surface area contributed by atoms with Crippen LogP contribution in [0.25, 0.3) is 0 Å². The Balaban J connectivity index is 1.50. The number of aliphatic imine (C=N–C) groups is 1. The molecule has 2 aliphatic heterocycles. The molecular weight excluding hydrogens is 356 g/mol. The van der Waals surface area contributed by atoms with Crippen molar-refractivity contribution in [3.05, 3.63) is 24.3 Å². The highest BCUT2D eigenvalue weighted by molar-refractivity contribution is 8.15. The summed E-state index contributed by atoms with van der Waals surface area (Å²) in [6, 6.07) is 6.79. The maximum Gasteiger partial charge on any atom is 0.262 e. The monoisotopic (exact) mass is 376 g/mol. The third-order valence-electron chi connectivity index (χ3n) is 3.87. The van der Waals surface area contributed by atoms with Crippen LogP contribution in [0, 0.1) is 0 Å². The first-order valence-electron chi connectivity index (χ1n) is 8.30. The molecule has 1 aromatic rings. The van der Waals surface area contributed by atoms with Crippen molar-refractivity contribution in [1.82, 2.24) is 4.90 Å². The molecule has 1 atom stereocenters. The van der Waals surface area contributed by atoms with Crippen molar-refractivity contribution < 1.29 is 19.1 Å². The van der Waals surface area contributed by atoms with E-state index in [2.05, 4.69) is 15.6 Å². The molecule has 0 aliphatic carbocycles. The molecule has 2 heterocycles. The molecule has 1 saturated heterocycles. The van der Waals surface area contributed by atoms with E-state index in [0.29, 0.717) is 42.8 Å². The maximum absolute atomic E-state index is 12.2. The van der Waals surface area contributed by atoms with Crippen molar-refractivity contribution in [2.24, 2.45) is 4.99 Å². The molecule has 1 fully saturated rings. The molecule has 138 valence electrons. The number of hydrogen-bond donors (Lipinski definition) is 2. The van der Waals surface area contributed by atoms with Gasteiger partial charge in [-0.25, -0.2) is 0 Å². The quantitative estimate of drug-likeness (QED) is 0.822. The second kappa shape index (κ2) is 8.33. The minimum absolute atomic E-state index is 0.0638. The maximum atomic E-state index is 12.2. The first kappa shape index (κ1) is 18.4. The van der Waals surface area contributed by atoms with Crippen LogP contribution in [0.1, 0.15) is 13.3 Å². The molecule has 26 heavy (non-hydrogen) atoms. The zero-order valence-electron chi connectivity index (χ0n) is 14.4. The molecule has 0 saturated carbocycles. The Labute approximate surface area is 155 Å². The van der Waals surface area contributed by atoms with Gasteiger partial charge in [-0.1, -0.05) is 11.8 Å². The SMILES string of the molecule is CC(=O)Nc1ccc(NC(=O)C[C@H]2SC(N3CCOCC3)=NC2=O)cc1. The number of ether oxygens (including phenoxy) is 1. The number of thioether (sulfide) groups is 1. The number of carbonyl (C=O) groups is 3. The molecule has 0 unspecified atom stereocenters. The largest absolute Gasteiger partial charge is 0.378 e. The number of nitrogens with zero attached hydrogens (tertiary/aromatic N) is 2. The van der Waals surface area contributed by atoms with Gasteiger partial charge in [0, 0.05) is 37.8 Å². The fourth-order valence-electron chi connectivity index (χ4n) is 2.62. The number of morpholine rings is 1. The minimum Gasteiger partial charge on any atom is -0.378 e. The van der Waals surface area contributed by atoms with Gasteiger partial charge in [0.15, 0.2) is 5.17 Å². The lowest BCUT2D eigenvalue weighted by molar-refractivity contribution is -0.121. The molecule has 2 N–H and O–H groups in total. The molecule has 3 amide bonds. The van der Waals surface area contributed by atoms with Crippen molar-refractivity contribution >= 4 is 46.0 Å². The second-order valence-corrected chi connectivity index (χ2v) is 7.12. The second-order valence-electron chi connectivity index (χ2n) is 5.95. The van der Waals surface area contributed by atoms with Crippen molar-refractivity contribution in [2.75, 3.05) is 36.9 Å². The van der Waals surface area contributed by atoms with E-state index in [9.17, 15) is 14.4 Å². The molecule has 1 aromatic carbocycles. The van der Waals surface area contributed by atoms with E-state index < -0.39 is 5.25 Å². The number of nitrogens with one attached hydrogen (secondary N) is 2. The van der Waals surface area contributed by atoms with Gasteiger partial charge in [0.25, 0.3) is 5.91 Å². The van der Waals surface area contributed by atoms with Gasteiger partial charge >= 0.3 is 0 Å². The summed E-state index contributed by atoms with van der Waals surface area (Å²) >= 11 is 1.34. The molecule has 0 spiro atoms. The molecule has 9 heteroatoms. The predicted octanol–water partition coefficient (Wildman–Crippen LogP) is 1.30. The van der Waals surface area contributed by atoms with Gasteiger partial charge in [-0.3, -0.25) is 14.4 Å². The van der Waals surface area contributed by atoms with E-state index >= 15 is 0 Å². The van der Waals surface area contributed by atoms with Crippen LogP contribution in [-0.2, 0) is 19.1 Å². The number of carbonyl (C=O) groups excluding carboxylic acids is 3. The van der Waals surface area contributed by atoms with Crippen molar-refractivity contribution in [2.45, 2.75) is 18.6 Å². The van der Waals surface area contributed by atoms with E-state index in [1.807, 2.05) is 4.90 Å². The summed E-state index contributed by atoms with van der Waals surface area (Å²) in [6.07, 6.45) is 0.0638. The minimum atomic E-state index is -0.494. The standard InChI is InChI=1S/C17H20N4O4S/c1-11(22)18-12-2-4-13(5-3-12)19-15(23)10-14-16(24)20-17(26-14)21-6-8-25-9-7-21/h2-5,14H,6-10H2,1H3,(H,18,22)(H,19,23)/t14-/m1/s1. The number of rotatable bonds is 4. The lowest BCUT2D eigenvalue weighted by Gasteiger charge is -2.27. The van der Waals surface area contributed by atoms with E-state index in [-0.39, 0.29) is 24.1 Å². The Morgan fingerprint density at radius 3 is 2.42 bits per heavy atom. The molecule has 0 bridgehead atoms. The zero-order valence-corrected chi connectivity index (χ0v) is 15.2. The van der Waals surface area contributed by atoms with Crippen molar-refractivity contribution in [3.8, 4) is 0 Å². The van der Waals surface area contributed by atoms with Gasteiger partial charge in [0.1, 0.15) is 5.25 Å². The summed E-state index contributed by atoms with van der Waals surface area (Å²) in [5, 5.41) is 5.60. The van der Waals surface area contributed by atoms with Crippen LogP contribution in [0.4, 0.5) is 11.4 Å². The van der Waals surface area contributed by atoms with Crippen LogP contribution in [-0.4, -0.2) is 59.3 Å². The number of anilines is 2. The lowest BCUT2D eigenvalue weighted by atomic mass is 10.2. The predicted molar refractivity (Wildman–Crippen MR) is 100 cm³/mol. The van der Waals surface area contributed by atoms with Gasteiger partial charge in [0.2, 0.25) is 11.8 Å². The molecule has 3 rings (SSSR count). The summed E-state index contributed by atoms with van der Waals surface area (Å²) in [5.74, 6) is -0.677.